The Morgan fingerprint density at radius 1 is 1.06 bits per heavy atom. The molecule has 4 rings (SSSR count). The zero-order chi connectivity index (χ0) is 12.8. The largest absolute Gasteiger partial charge is 0.349 e. The van der Waals surface area contributed by atoms with Crippen LogP contribution in [0.25, 0.3) is 0 Å². The monoisotopic (exact) mass is 243 g/mol. The third-order valence-electron chi connectivity index (χ3n) is 4.95. The Morgan fingerprint density at radius 2 is 1.50 bits per heavy atom. The molecule has 94 valence electrons. The van der Waals surface area contributed by atoms with E-state index in [2.05, 4.69) is 5.32 Å². The number of rotatable bonds is 2. The fourth-order valence-electron chi connectivity index (χ4n) is 4.74. The molecule has 4 fully saturated rings. The van der Waals surface area contributed by atoms with Crippen molar-refractivity contribution >= 4 is 5.91 Å². The minimum Gasteiger partial charge on any atom is -0.349 e. The van der Waals surface area contributed by atoms with Gasteiger partial charge >= 0.3 is 0 Å². The van der Waals surface area contributed by atoms with Crippen LogP contribution >= 0.6 is 0 Å². The lowest BCUT2D eigenvalue weighted by Gasteiger charge is -2.56. The predicted octanol–water partition coefficient (Wildman–Crippen LogP) is 1.73. The highest BCUT2D eigenvalue weighted by Crippen LogP contribution is 2.55. The molecule has 4 saturated carbocycles. The molecule has 0 aromatic rings. The average molecular weight is 243 g/mol. The predicted molar refractivity (Wildman–Crippen MR) is 63.8 cm³/mol. The first kappa shape index (κ1) is 11.5. The van der Waals surface area contributed by atoms with Gasteiger partial charge in [-0.3, -0.25) is 4.79 Å². The molecule has 4 heteroatoms. The molecule has 4 bridgehead atoms. The lowest BCUT2D eigenvalue weighted by Crippen LogP contribution is -2.60. The molecule has 0 aromatic carbocycles. The molecule has 0 aliphatic heterocycles. The van der Waals surface area contributed by atoms with Gasteiger partial charge in [0.15, 0.2) is 0 Å². The van der Waals surface area contributed by atoms with Crippen LogP contribution in [-0.2, 0) is 4.79 Å². The lowest BCUT2D eigenvalue weighted by atomic mass is 9.53. The summed E-state index contributed by atoms with van der Waals surface area (Å²) in [5.41, 5.74) is -0.0994. The number of carbonyl (C=O) groups excluding carboxylic acids is 1. The molecule has 4 aliphatic carbocycles. The average Bonchev–Trinajstić information content (AvgIpc) is 2.27. The van der Waals surface area contributed by atoms with E-state index in [1.807, 2.05) is 0 Å². The smallest absolute Gasteiger partial charge is 0.252 e. The topological polar surface area (TPSA) is 76.7 Å². The maximum Gasteiger partial charge on any atom is 0.252 e. The minimum atomic E-state index is -1.15. The first-order chi connectivity index (χ1) is 8.64. The van der Waals surface area contributed by atoms with Crippen molar-refractivity contribution < 1.29 is 4.79 Å². The van der Waals surface area contributed by atoms with Crippen LogP contribution in [0.2, 0.25) is 0 Å². The van der Waals surface area contributed by atoms with Crippen molar-refractivity contribution in [3.63, 3.8) is 0 Å². The van der Waals surface area contributed by atoms with Crippen LogP contribution in [0.15, 0.2) is 0 Å². The van der Waals surface area contributed by atoms with Gasteiger partial charge in [-0.25, -0.2) is 0 Å². The van der Waals surface area contributed by atoms with Crippen LogP contribution in [0.5, 0.6) is 0 Å². The third-order valence-corrected chi connectivity index (χ3v) is 4.95. The van der Waals surface area contributed by atoms with E-state index < -0.39 is 5.92 Å². The molecular weight excluding hydrogens is 226 g/mol. The van der Waals surface area contributed by atoms with Crippen molar-refractivity contribution in [2.75, 3.05) is 0 Å². The van der Waals surface area contributed by atoms with Crippen molar-refractivity contribution in [1.82, 2.24) is 5.32 Å². The summed E-state index contributed by atoms with van der Waals surface area (Å²) < 4.78 is 0. The number of amides is 1. The van der Waals surface area contributed by atoms with Gasteiger partial charge in [0.05, 0.1) is 12.1 Å². The van der Waals surface area contributed by atoms with Crippen molar-refractivity contribution in [3.8, 4) is 12.1 Å². The molecule has 0 atom stereocenters. The standard InChI is InChI=1S/C14H17N3O/c15-7-12(8-16)13(18)17-14-4-9-1-10(5-14)3-11(2-9)6-14/h9-12H,1-6H2,(H,17,18). The maximum absolute atomic E-state index is 11.9. The van der Waals surface area contributed by atoms with Crippen molar-refractivity contribution in [3.05, 3.63) is 0 Å². The summed E-state index contributed by atoms with van der Waals surface area (Å²) in [6.07, 6.45) is 7.09. The van der Waals surface area contributed by atoms with E-state index in [0.717, 1.165) is 37.0 Å². The van der Waals surface area contributed by atoms with Gasteiger partial charge in [0.25, 0.3) is 5.91 Å². The van der Waals surface area contributed by atoms with E-state index in [9.17, 15) is 4.79 Å². The molecule has 1 amide bonds. The van der Waals surface area contributed by atoms with Crippen LogP contribution in [0.1, 0.15) is 38.5 Å². The highest BCUT2D eigenvalue weighted by Gasteiger charge is 2.51. The molecule has 4 aliphatic rings. The highest BCUT2D eigenvalue weighted by molar-refractivity contribution is 5.84. The van der Waals surface area contributed by atoms with E-state index in [1.165, 1.54) is 19.3 Å². The van der Waals surface area contributed by atoms with Crippen molar-refractivity contribution in [2.24, 2.45) is 23.7 Å². The second-order valence-electron chi connectivity index (χ2n) is 6.38. The molecule has 0 radical (unpaired) electrons. The first-order valence-corrected chi connectivity index (χ1v) is 6.75. The normalized spacial score (nSPS) is 40.3. The fraction of sp³-hybridized carbons (Fsp3) is 0.786. The van der Waals surface area contributed by atoms with Gasteiger partial charge in [-0.05, 0) is 56.3 Å². The van der Waals surface area contributed by atoms with Gasteiger partial charge in [-0.1, -0.05) is 0 Å². The number of nitriles is 2. The molecule has 1 N–H and O–H groups in total. The summed E-state index contributed by atoms with van der Waals surface area (Å²) in [5, 5.41) is 20.6. The maximum atomic E-state index is 11.9. The summed E-state index contributed by atoms with van der Waals surface area (Å²) in [5.74, 6) is 0.706. The minimum absolute atomic E-state index is 0.0994. The van der Waals surface area contributed by atoms with Gasteiger partial charge in [-0.15, -0.1) is 0 Å². The second kappa shape index (κ2) is 3.99. The quantitative estimate of drug-likeness (QED) is 0.802. The number of hydrogen-bond donors (Lipinski definition) is 1. The summed E-state index contributed by atoms with van der Waals surface area (Å²) in [7, 11) is 0. The Hall–Kier alpha value is -1.55. The number of hydrogen-bond acceptors (Lipinski definition) is 3. The first-order valence-electron chi connectivity index (χ1n) is 6.75. The zero-order valence-corrected chi connectivity index (χ0v) is 10.4. The second-order valence-corrected chi connectivity index (χ2v) is 6.38. The van der Waals surface area contributed by atoms with Crippen LogP contribution in [0.3, 0.4) is 0 Å². The SMILES string of the molecule is N#CC(C#N)C(=O)NC12CC3CC(CC(C3)C1)C2. The van der Waals surface area contributed by atoms with Gasteiger partial charge in [0.2, 0.25) is 5.92 Å². The van der Waals surface area contributed by atoms with E-state index >= 15 is 0 Å². The van der Waals surface area contributed by atoms with Gasteiger partial charge in [0, 0.05) is 5.54 Å². The van der Waals surface area contributed by atoms with Crippen LogP contribution in [0.4, 0.5) is 0 Å². The van der Waals surface area contributed by atoms with E-state index in [4.69, 9.17) is 10.5 Å². The lowest BCUT2D eigenvalue weighted by molar-refractivity contribution is -0.127. The van der Waals surface area contributed by atoms with E-state index in [1.54, 1.807) is 12.1 Å². The Kier molecular flexibility index (Phi) is 2.55. The number of nitrogens with zero attached hydrogens (tertiary/aromatic N) is 2. The summed E-state index contributed by atoms with van der Waals surface area (Å²) in [6, 6.07) is 3.52. The Balaban J connectivity index is 1.75. The molecule has 0 saturated heterocycles. The van der Waals surface area contributed by atoms with Gasteiger partial charge < -0.3 is 5.32 Å². The fourth-order valence-corrected chi connectivity index (χ4v) is 4.74. The van der Waals surface area contributed by atoms with Crippen molar-refractivity contribution in [1.29, 1.82) is 10.5 Å². The molecule has 0 heterocycles. The number of nitrogens with one attached hydrogen (secondary N) is 1. The summed E-state index contributed by atoms with van der Waals surface area (Å²) in [6.45, 7) is 0. The summed E-state index contributed by atoms with van der Waals surface area (Å²) >= 11 is 0. The van der Waals surface area contributed by atoms with Crippen LogP contribution in [0, 0.1) is 46.3 Å². The van der Waals surface area contributed by atoms with E-state index in [0.29, 0.717) is 0 Å². The van der Waals surface area contributed by atoms with Gasteiger partial charge in [0.1, 0.15) is 0 Å². The Bertz CT molecular complexity index is 407. The molecule has 4 nitrogen and oxygen atoms in total. The molecular formula is C14H17N3O. The molecule has 0 spiro atoms. The van der Waals surface area contributed by atoms with Crippen LogP contribution in [-0.4, -0.2) is 11.4 Å². The van der Waals surface area contributed by atoms with Crippen molar-refractivity contribution in [2.45, 2.75) is 44.1 Å². The number of carbonyl (C=O) groups is 1. The van der Waals surface area contributed by atoms with Crippen LogP contribution < -0.4 is 5.32 Å². The molecule has 18 heavy (non-hydrogen) atoms. The zero-order valence-electron chi connectivity index (χ0n) is 10.4. The molecule has 0 unspecified atom stereocenters. The van der Waals surface area contributed by atoms with Gasteiger partial charge in [-0.2, -0.15) is 10.5 Å². The van der Waals surface area contributed by atoms with E-state index in [-0.39, 0.29) is 11.4 Å². The molecule has 0 aromatic heterocycles. The third kappa shape index (κ3) is 1.77. The Morgan fingerprint density at radius 3 is 1.89 bits per heavy atom. The summed E-state index contributed by atoms with van der Waals surface area (Å²) in [4.78, 5) is 11.9. The highest BCUT2D eigenvalue weighted by atomic mass is 16.2. The Labute approximate surface area is 107 Å².